The molecule has 0 atom stereocenters. The number of aromatic nitrogens is 1. The second kappa shape index (κ2) is 5.09. The fourth-order valence-electron chi connectivity index (χ4n) is 1.34. The minimum absolute atomic E-state index is 0.440. The lowest BCUT2D eigenvalue weighted by atomic mass is 10.2. The van der Waals surface area contributed by atoms with Gasteiger partial charge in [-0.3, -0.25) is 4.98 Å². The highest BCUT2D eigenvalue weighted by Gasteiger charge is 2.04. The van der Waals surface area contributed by atoms with E-state index in [1.165, 1.54) is 0 Å². The lowest BCUT2D eigenvalue weighted by Crippen LogP contribution is -1.99. The van der Waals surface area contributed by atoms with Crippen LogP contribution in [0.4, 0.5) is 0 Å². The average molecular weight is 279 g/mol. The van der Waals surface area contributed by atoms with Gasteiger partial charge >= 0.3 is 0 Å². The smallest absolute Gasteiger partial charge is 0.145 e. The standard InChI is InChI=1S/C12H11BrN2O/c13-10-3-4-12(9(6-10)7-14)16-11-2-1-5-15-8-11/h1-6,8H,7,14H2. The lowest BCUT2D eigenvalue weighted by Gasteiger charge is -2.09. The Hall–Kier alpha value is -1.39. The van der Waals surface area contributed by atoms with Crippen LogP contribution in [0.3, 0.4) is 0 Å². The zero-order chi connectivity index (χ0) is 11.4. The molecule has 0 bridgehead atoms. The molecule has 2 rings (SSSR count). The maximum Gasteiger partial charge on any atom is 0.145 e. The van der Waals surface area contributed by atoms with Crippen molar-refractivity contribution in [1.82, 2.24) is 4.98 Å². The number of halogens is 1. The number of nitrogens with two attached hydrogens (primary N) is 1. The van der Waals surface area contributed by atoms with Crippen LogP contribution in [0.15, 0.2) is 47.2 Å². The zero-order valence-electron chi connectivity index (χ0n) is 8.56. The van der Waals surface area contributed by atoms with Gasteiger partial charge < -0.3 is 10.5 Å². The van der Waals surface area contributed by atoms with Crippen LogP contribution in [0.25, 0.3) is 0 Å². The molecule has 1 aromatic carbocycles. The summed E-state index contributed by atoms with van der Waals surface area (Å²) >= 11 is 3.40. The van der Waals surface area contributed by atoms with Gasteiger partial charge in [-0.15, -0.1) is 0 Å². The van der Waals surface area contributed by atoms with Gasteiger partial charge in [-0.05, 0) is 30.3 Å². The third-order valence-corrected chi connectivity index (χ3v) is 2.60. The van der Waals surface area contributed by atoms with E-state index in [1.807, 2.05) is 30.3 Å². The molecule has 16 heavy (non-hydrogen) atoms. The van der Waals surface area contributed by atoms with Crippen molar-refractivity contribution in [2.45, 2.75) is 6.54 Å². The Morgan fingerprint density at radius 1 is 1.31 bits per heavy atom. The van der Waals surface area contributed by atoms with Crippen molar-refractivity contribution < 1.29 is 4.74 Å². The first kappa shape index (κ1) is 11.1. The van der Waals surface area contributed by atoms with Crippen LogP contribution < -0.4 is 10.5 Å². The van der Waals surface area contributed by atoms with Gasteiger partial charge in [-0.1, -0.05) is 15.9 Å². The van der Waals surface area contributed by atoms with Crippen LogP contribution in [-0.4, -0.2) is 4.98 Å². The largest absolute Gasteiger partial charge is 0.455 e. The van der Waals surface area contributed by atoms with Crippen LogP contribution >= 0.6 is 15.9 Å². The molecule has 0 saturated heterocycles. The monoisotopic (exact) mass is 278 g/mol. The summed E-state index contributed by atoms with van der Waals surface area (Å²) in [4.78, 5) is 3.99. The molecule has 82 valence electrons. The van der Waals surface area contributed by atoms with Crippen LogP contribution in [0.1, 0.15) is 5.56 Å². The summed E-state index contributed by atoms with van der Waals surface area (Å²) in [6, 6.07) is 9.45. The van der Waals surface area contributed by atoms with Gasteiger partial charge in [-0.25, -0.2) is 0 Å². The Morgan fingerprint density at radius 3 is 2.88 bits per heavy atom. The molecule has 0 saturated carbocycles. The van der Waals surface area contributed by atoms with E-state index in [0.29, 0.717) is 12.3 Å². The quantitative estimate of drug-likeness (QED) is 0.939. The second-order valence-corrected chi connectivity index (χ2v) is 4.16. The average Bonchev–Trinajstić information content (AvgIpc) is 2.33. The number of benzene rings is 1. The van der Waals surface area contributed by atoms with Crippen molar-refractivity contribution >= 4 is 15.9 Å². The predicted molar refractivity (Wildman–Crippen MR) is 66.3 cm³/mol. The van der Waals surface area contributed by atoms with E-state index in [0.717, 1.165) is 15.8 Å². The zero-order valence-corrected chi connectivity index (χ0v) is 10.1. The molecule has 2 N–H and O–H groups in total. The van der Waals surface area contributed by atoms with E-state index in [-0.39, 0.29) is 0 Å². The highest BCUT2D eigenvalue weighted by molar-refractivity contribution is 9.10. The predicted octanol–water partition coefficient (Wildman–Crippen LogP) is 3.10. The van der Waals surface area contributed by atoms with Gasteiger partial charge in [0.1, 0.15) is 11.5 Å². The SMILES string of the molecule is NCc1cc(Br)ccc1Oc1cccnc1. The molecule has 0 aliphatic carbocycles. The van der Waals surface area contributed by atoms with E-state index in [9.17, 15) is 0 Å². The van der Waals surface area contributed by atoms with E-state index in [4.69, 9.17) is 10.5 Å². The molecule has 0 unspecified atom stereocenters. The number of hydrogen-bond donors (Lipinski definition) is 1. The normalized spacial score (nSPS) is 10.1. The first-order valence-corrected chi connectivity index (χ1v) is 5.65. The molecular formula is C12H11BrN2O. The van der Waals surface area contributed by atoms with Crippen molar-refractivity contribution in [1.29, 1.82) is 0 Å². The van der Waals surface area contributed by atoms with Crippen molar-refractivity contribution in [3.8, 4) is 11.5 Å². The summed E-state index contributed by atoms with van der Waals surface area (Å²) in [6.45, 7) is 0.440. The fraction of sp³-hybridized carbons (Fsp3) is 0.0833. The molecule has 0 fully saturated rings. The molecule has 0 aliphatic heterocycles. The topological polar surface area (TPSA) is 48.1 Å². The van der Waals surface area contributed by atoms with Gasteiger partial charge in [0.25, 0.3) is 0 Å². The molecule has 0 radical (unpaired) electrons. The molecule has 0 spiro atoms. The van der Waals surface area contributed by atoms with E-state index in [1.54, 1.807) is 12.4 Å². The lowest BCUT2D eigenvalue weighted by molar-refractivity contribution is 0.474. The summed E-state index contributed by atoms with van der Waals surface area (Å²) in [7, 11) is 0. The van der Waals surface area contributed by atoms with Crippen molar-refractivity contribution in [3.63, 3.8) is 0 Å². The minimum Gasteiger partial charge on any atom is -0.455 e. The Bertz CT molecular complexity index is 474. The van der Waals surface area contributed by atoms with E-state index >= 15 is 0 Å². The maximum atomic E-state index is 5.69. The molecule has 2 aromatic rings. The number of rotatable bonds is 3. The fourth-order valence-corrected chi connectivity index (χ4v) is 1.75. The van der Waals surface area contributed by atoms with Crippen LogP contribution in [-0.2, 0) is 6.54 Å². The van der Waals surface area contributed by atoms with Crippen molar-refractivity contribution in [2.75, 3.05) is 0 Å². The Balaban J connectivity index is 2.28. The Labute approximate surface area is 102 Å². The maximum absolute atomic E-state index is 5.69. The third kappa shape index (κ3) is 2.59. The molecule has 3 nitrogen and oxygen atoms in total. The summed E-state index contributed by atoms with van der Waals surface area (Å²) in [5.74, 6) is 1.47. The number of nitrogens with zero attached hydrogens (tertiary/aromatic N) is 1. The van der Waals surface area contributed by atoms with Crippen LogP contribution in [0, 0.1) is 0 Å². The van der Waals surface area contributed by atoms with Crippen molar-refractivity contribution in [3.05, 3.63) is 52.8 Å². The minimum atomic E-state index is 0.440. The molecule has 1 heterocycles. The van der Waals surface area contributed by atoms with Gasteiger partial charge in [0.05, 0.1) is 6.20 Å². The highest BCUT2D eigenvalue weighted by Crippen LogP contribution is 2.27. The van der Waals surface area contributed by atoms with E-state index in [2.05, 4.69) is 20.9 Å². The summed E-state index contributed by atoms with van der Waals surface area (Å²) in [6.07, 6.45) is 3.38. The highest BCUT2D eigenvalue weighted by atomic mass is 79.9. The third-order valence-electron chi connectivity index (χ3n) is 2.10. The first-order valence-electron chi connectivity index (χ1n) is 4.86. The summed E-state index contributed by atoms with van der Waals surface area (Å²) < 4.78 is 6.68. The van der Waals surface area contributed by atoms with Gasteiger partial charge in [-0.2, -0.15) is 0 Å². The van der Waals surface area contributed by atoms with Gasteiger partial charge in [0.2, 0.25) is 0 Å². The number of pyridine rings is 1. The van der Waals surface area contributed by atoms with Crippen molar-refractivity contribution in [2.24, 2.45) is 5.73 Å². The molecule has 4 heteroatoms. The molecule has 0 amide bonds. The molecule has 0 aliphatic rings. The molecule has 1 aromatic heterocycles. The van der Waals surface area contributed by atoms with E-state index < -0.39 is 0 Å². The van der Waals surface area contributed by atoms with Gasteiger partial charge in [0, 0.05) is 22.8 Å². The second-order valence-electron chi connectivity index (χ2n) is 3.25. The summed E-state index contributed by atoms with van der Waals surface area (Å²) in [5.41, 5.74) is 6.61. The van der Waals surface area contributed by atoms with Crippen LogP contribution in [0.2, 0.25) is 0 Å². The number of hydrogen-bond acceptors (Lipinski definition) is 3. The number of ether oxygens (including phenoxy) is 1. The van der Waals surface area contributed by atoms with Crippen LogP contribution in [0.5, 0.6) is 11.5 Å². The van der Waals surface area contributed by atoms with Gasteiger partial charge in [0.15, 0.2) is 0 Å². The molecular weight excluding hydrogens is 268 g/mol. The Kier molecular flexibility index (Phi) is 3.54. The summed E-state index contributed by atoms with van der Waals surface area (Å²) in [5, 5.41) is 0. The Morgan fingerprint density at radius 2 is 2.19 bits per heavy atom. The first-order chi connectivity index (χ1) is 7.79.